The first kappa shape index (κ1) is 49.3. The average Bonchev–Trinajstić information content (AvgIpc) is 3.78. The highest BCUT2D eigenvalue weighted by Gasteiger charge is 2.56. The summed E-state index contributed by atoms with van der Waals surface area (Å²) in [6, 6.07) is 0. The number of allylic oxidation sites excluding steroid dienone is 2. The Morgan fingerprint density at radius 3 is 2.50 bits per heavy atom. The maximum atomic E-state index is 11.4. The molecule has 3 saturated heterocycles. The van der Waals surface area contributed by atoms with E-state index in [2.05, 4.69) is 74.9 Å². The number of aliphatic hydroxyl groups excluding tert-OH is 2. The van der Waals surface area contributed by atoms with Crippen molar-refractivity contribution in [2.45, 2.75) is 167 Å². The molecule has 0 radical (unpaired) electrons. The van der Waals surface area contributed by atoms with Crippen LogP contribution in [0.15, 0.2) is 59.3 Å². The fraction of sp³-hybridized carbons (Fsp3) is 0.766. The molecular weight excluding hydrogens is 836 g/mol. The third-order valence-electron chi connectivity index (χ3n) is 13.4. The zero-order chi connectivity index (χ0) is 43.8. The van der Waals surface area contributed by atoms with Gasteiger partial charge >= 0.3 is 5.97 Å². The quantitative estimate of drug-likeness (QED) is 0.0621. The van der Waals surface area contributed by atoms with E-state index >= 15 is 0 Å². The molecule has 5 aliphatic rings. The number of alkyl halides is 1. The van der Waals surface area contributed by atoms with Crippen molar-refractivity contribution in [2.75, 3.05) is 32.8 Å². The zero-order valence-corrected chi connectivity index (χ0v) is 38.9. The molecule has 4 aliphatic heterocycles. The molecule has 3 N–H and O–H groups in total. The van der Waals surface area contributed by atoms with Gasteiger partial charge < -0.3 is 53.2 Å². The van der Waals surface area contributed by atoms with Gasteiger partial charge in [0.25, 0.3) is 0 Å². The van der Waals surface area contributed by atoms with Gasteiger partial charge in [-0.15, -0.1) is 0 Å². The van der Waals surface area contributed by atoms with Crippen molar-refractivity contribution in [1.29, 1.82) is 0 Å². The number of rotatable bonds is 20. The molecule has 12 nitrogen and oxygen atoms in total. The van der Waals surface area contributed by atoms with Crippen LogP contribution in [0, 0.1) is 29.1 Å². The number of methoxy groups -OCH3 is 2. The number of carboxylic acid groups (broad SMARTS) is 1. The summed E-state index contributed by atoms with van der Waals surface area (Å²) in [5.74, 6) is -2.19. The van der Waals surface area contributed by atoms with E-state index < -0.39 is 49.1 Å². The first-order valence-corrected chi connectivity index (χ1v) is 23.2. The van der Waals surface area contributed by atoms with Crippen molar-refractivity contribution in [3.05, 3.63) is 59.3 Å². The van der Waals surface area contributed by atoms with E-state index in [9.17, 15) is 20.1 Å². The normalized spacial score (nSPS) is 35.8. The molecule has 2 spiro atoms. The molecule has 1 aliphatic carbocycles. The predicted octanol–water partition coefficient (Wildman–Crippen LogP) is 7.81. The lowest BCUT2D eigenvalue weighted by molar-refractivity contribution is -0.297. The fourth-order valence-electron chi connectivity index (χ4n) is 9.33. The first-order valence-electron chi connectivity index (χ1n) is 22.1. The van der Waals surface area contributed by atoms with Crippen molar-refractivity contribution >= 4 is 21.9 Å². The molecule has 4 heterocycles. The molecule has 13 heteroatoms. The molecule has 15 atom stereocenters. The fourth-order valence-corrected chi connectivity index (χ4v) is 9.74. The lowest BCUT2D eigenvalue weighted by Crippen LogP contribution is -2.52. The Morgan fingerprint density at radius 2 is 1.87 bits per heavy atom. The maximum Gasteiger partial charge on any atom is 0.312 e. The molecule has 5 rings (SSSR count). The van der Waals surface area contributed by atoms with Gasteiger partial charge in [-0.25, -0.2) is 0 Å². The van der Waals surface area contributed by atoms with E-state index in [4.69, 9.17) is 37.9 Å². The Morgan fingerprint density at radius 1 is 1.12 bits per heavy atom. The van der Waals surface area contributed by atoms with Crippen LogP contribution in [-0.4, -0.2) is 121 Å². The van der Waals surface area contributed by atoms with Gasteiger partial charge in [0.1, 0.15) is 12.2 Å². The van der Waals surface area contributed by atoms with Crippen LogP contribution in [0.4, 0.5) is 0 Å². The molecule has 3 unspecified atom stereocenters. The van der Waals surface area contributed by atoms with E-state index in [1.165, 1.54) is 18.9 Å². The third kappa shape index (κ3) is 12.7. The minimum absolute atomic E-state index is 0.00997. The lowest BCUT2D eigenvalue weighted by Gasteiger charge is -2.48. The molecule has 0 aromatic heterocycles. The second-order valence-electron chi connectivity index (χ2n) is 18.2. The average molecular weight is 910 g/mol. The predicted molar refractivity (Wildman–Crippen MR) is 232 cm³/mol. The summed E-state index contributed by atoms with van der Waals surface area (Å²) in [5.41, 5.74) is 2.81. The highest BCUT2D eigenvalue weighted by molar-refractivity contribution is 9.09. The largest absolute Gasteiger partial charge is 0.481 e. The highest BCUT2D eigenvalue weighted by Crippen LogP contribution is 2.60. The number of aliphatic hydroxyl groups is 2. The topological polar surface area (TPSA) is 152 Å². The Hall–Kier alpha value is -1.75. The van der Waals surface area contributed by atoms with Gasteiger partial charge in [0.15, 0.2) is 18.4 Å². The van der Waals surface area contributed by atoms with Crippen LogP contribution in [0.1, 0.15) is 99.8 Å². The zero-order valence-electron chi connectivity index (χ0n) is 37.3. The van der Waals surface area contributed by atoms with Gasteiger partial charge in [0.2, 0.25) is 0 Å². The molecule has 4 fully saturated rings. The van der Waals surface area contributed by atoms with Crippen LogP contribution < -0.4 is 0 Å². The molecule has 340 valence electrons. The molecule has 1 saturated carbocycles. The van der Waals surface area contributed by atoms with Crippen LogP contribution >= 0.6 is 15.9 Å². The summed E-state index contributed by atoms with van der Waals surface area (Å²) in [6.45, 7) is 14.4. The maximum absolute atomic E-state index is 11.4. The van der Waals surface area contributed by atoms with Crippen LogP contribution in [0.2, 0.25) is 0 Å². The second kappa shape index (κ2) is 22.2. The molecular formula is C47H73BrO12. The summed E-state index contributed by atoms with van der Waals surface area (Å²) < 4.78 is 50.8. The van der Waals surface area contributed by atoms with Crippen LogP contribution in [0.3, 0.4) is 0 Å². The number of hydrogen-bond acceptors (Lipinski definition) is 11. The SMILES string of the molecule is CCC(C)C1O[C@]2(C=C[C@@H]1C)CC1(CC1)C[C@@H](C/C=C(\C)[C@@H](O[C@H]1C[C@H](OC)[C@@H](OC(CBr)OC)[C@H](C)O1)[C@@H](C)/C=C/C=C1\CO[C@H]([C@H](O)/C(C)=C\[C@H](CO)C(=O)O)C1)O2. The lowest BCUT2D eigenvalue weighted by atomic mass is 9.81. The smallest absolute Gasteiger partial charge is 0.312 e. The van der Waals surface area contributed by atoms with Crippen molar-refractivity contribution in [2.24, 2.45) is 29.1 Å². The van der Waals surface area contributed by atoms with Crippen molar-refractivity contribution in [1.82, 2.24) is 0 Å². The summed E-state index contributed by atoms with van der Waals surface area (Å²) in [5, 5.41) is 30.2. The van der Waals surface area contributed by atoms with Crippen LogP contribution in [-0.2, 0) is 42.7 Å². The Labute approximate surface area is 366 Å². The summed E-state index contributed by atoms with van der Waals surface area (Å²) in [7, 11) is 3.30. The summed E-state index contributed by atoms with van der Waals surface area (Å²) in [4.78, 5) is 11.4. The first-order chi connectivity index (χ1) is 28.6. The third-order valence-corrected chi connectivity index (χ3v) is 13.9. The van der Waals surface area contributed by atoms with Gasteiger partial charge in [0, 0.05) is 38.9 Å². The number of ether oxygens (including phenoxy) is 8. The summed E-state index contributed by atoms with van der Waals surface area (Å²) in [6.07, 6.45) is 17.8. The number of aliphatic carboxylic acids is 1. The van der Waals surface area contributed by atoms with Gasteiger partial charge in [0.05, 0.1) is 61.1 Å². The Kier molecular flexibility index (Phi) is 18.3. The summed E-state index contributed by atoms with van der Waals surface area (Å²) >= 11 is 3.46. The van der Waals surface area contributed by atoms with E-state index in [1.54, 1.807) is 21.1 Å². The van der Waals surface area contributed by atoms with Crippen LogP contribution in [0.25, 0.3) is 0 Å². The van der Waals surface area contributed by atoms with Gasteiger partial charge in [-0.3, -0.25) is 4.79 Å². The standard InChI is InChI=1S/C47H73BrO12/c1-10-28(2)43-31(5)16-17-47(60-43)27-46(18-19-46)23-36(59-47)15-14-30(4)42(57-39-22-38(53-8)44(33(7)56-39)58-40(24-48)54-9)29(3)12-11-13-34-21-37(55-26-34)41(50)32(6)20-35(25-49)45(51)52/h11-14,16-17,20,28-29,31,33,35-44,49-50H,10,15,18-19,21-27H2,1-9H3,(H,51,52)/b12-11+,30-14+,32-20-,34-13-/t28?,29-,31-,33-,35+,36+,37-,38-,39-,40?,41+,42-,43?,44-,47+/m0/s1. The number of carboxylic acids is 1. The van der Waals surface area contributed by atoms with Crippen molar-refractivity contribution < 1.29 is 58.0 Å². The highest BCUT2D eigenvalue weighted by atomic mass is 79.9. The molecule has 0 aromatic carbocycles. The minimum atomic E-state index is -1.14. The molecule has 0 bridgehead atoms. The molecule has 0 aromatic rings. The van der Waals surface area contributed by atoms with E-state index in [0.29, 0.717) is 42.2 Å². The number of hydrogen-bond donors (Lipinski definition) is 3. The molecule has 0 amide bonds. The monoisotopic (exact) mass is 908 g/mol. The minimum Gasteiger partial charge on any atom is -0.481 e. The van der Waals surface area contributed by atoms with Gasteiger partial charge in [-0.2, -0.15) is 0 Å². The Bertz CT molecular complexity index is 1550. The number of carbonyl (C=O) groups is 1. The van der Waals surface area contributed by atoms with Gasteiger partial charge in [-0.05, 0) is 87.0 Å². The van der Waals surface area contributed by atoms with E-state index in [-0.39, 0.29) is 48.0 Å². The van der Waals surface area contributed by atoms with E-state index in [1.807, 2.05) is 19.1 Å². The second-order valence-corrected chi connectivity index (χ2v) is 18.8. The molecule has 60 heavy (non-hydrogen) atoms. The van der Waals surface area contributed by atoms with Crippen molar-refractivity contribution in [3.63, 3.8) is 0 Å². The Balaban J connectivity index is 1.32. The van der Waals surface area contributed by atoms with Crippen LogP contribution in [0.5, 0.6) is 0 Å². The number of halogens is 1. The van der Waals surface area contributed by atoms with Crippen molar-refractivity contribution in [3.8, 4) is 0 Å². The van der Waals surface area contributed by atoms with Gasteiger partial charge in [-0.1, -0.05) is 86.5 Å². The van der Waals surface area contributed by atoms with E-state index in [0.717, 1.165) is 36.8 Å².